The molecule has 1 aliphatic heterocycles. The number of hydrogen-bond donors (Lipinski definition) is 2. The van der Waals surface area contributed by atoms with Crippen molar-refractivity contribution >= 4 is 16.1 Å². The number of amides is 1. The van der Waals surface area contributed by atoms with Crippen LogP contribution in [-0.4, -0.2) is 61.8 Å². The van der Waals surface area contributed by atoms with E-state index in [2.05, 4.69) is 5.32 Å². The Morgan fingerprint density at radius 1 is 1.17 bits per heavy atom. The molecular weight excluding hydrogens is 390 g/mol. The van der Waals surface area contributed by atoms with Crippen LogP contribution in [0.4, 0.5) is 0 Å². The zero-order valence-electron chi connectivity index (χ0n) is 17.1. The number of carbonyl (C=O) groups is 1. The molecule has 3 aliphatic rings. The highest BCUT2D eigenvalue weighted by molar-refractivity contribution is 7.86. The van der Waals surface area contributed by atoms with Gasteiger partial charge >= 0.3 is 0 Å². The van der Waals surface area contributed by atoms with Crippen molar-refractivity contribution in [3.05, 3.63) is 35.9 Å². The quantitative estimate of drug-likeness (QED) is 0.692. The Balaban J connectivity index is 1.39. The van der Waals surface area contributed by atoms with E-state index in [-0.39, 0.29) is 17.7 Å². The van der Waals surface area contributed by atoms with E-state index in [1.807, 2.05) is 30.3 Å². The van der Waals surface area contributed by atoms with Crippen LogP contribution in [0.2, 0.25) is 0 Å². The van der Waals surface area contributed by atoms with Crippen LogP contribution in [0.5, 0.6) is 0 Å². The van der Waals surface area contributed by atoms with Crippen molar-refractivity contribution in [1.29, 1.82) is 0 Å². The Bertz CT molecular complexity index is 842. The lowest BCUT2D eigenvalue weighted by Gasteiger charge is -2.33. The summed E-state index contributed by atoms with van der Waals surface area (Å²) in [5.41, 5.74) is -0.842. The second kappa shape index (κ2) is 7.65. The summed E-state index contributed by atoms with van der Waals surface area (Å²) in [6, 6.07) is 9.25. The van der Waals surface area contributed by atoms with E-state index in [0.29, 0.717) is 37.0 Å². The van der Waals surface area contributed by atoms with Crippen LogP contribution < -0.4 is 5.32 Å². The van der Waals surface area contributed by atoms with Crippen molar-refractivity contribution in [1.82, 2.24) is 13.9 Å². The molecule has 3 fully saturated rings. The van der Waals surface area contributed by atoms with Crippen LogP contribution in [0.25, 0.3) is 0 Å². The molecule has 1 aromatic rings. The van der Waals surface area contributed by atoms with Gasteiger partial charge in [-0.1, -0.05) is 43.2 Å². The maximum Gasteiger partial charge on any atom is 0.281 e. The van der Waals surface area contributed by atoms with Crippen molar-refractivity contribution in [3.8, 4) is 0 Å². The lowest BCUT2D eigenvalue weighted by atomic mass is 9.79. The van der Waals surface area contributed by atoms with Gasteiger partial charge in [0.15, 0.2) is 5.60 Å². The molecule has 0 aromatic heterocycles. The Morgan fingerprint density at radius 2 is 1.76 bits per heavy atom. The van der Waals surface area contributed by atoms with E-state index in [9.17, 15) is 18.3 Å². The maximum absolute atomic E-state index is 13.1. The molecule has 0 bridgehead atoms. The van der Waals surface area contributed by atoms with Gasteiger partial charge in [-0.3, -0.25) is 4.79 Å². The summed E-state index contributed by atoms with van der Waals surface area (Å²) < 4.78 is 27.3. The predicted octanol–water partition coefficient (Wildman–Crippen LogP) is 1.16. The number of benzene rings is 1. The molecule has 1 heterocycles. The number of nitrogens with zero attached hydrogens (tertiary/aromatic N) is 2. The van der Waals surface area contributed by atoms with Crippen LogP contribution in [0.15, 0.2) is 30.3 Å². The summed E-state index contributed by atoms with van der Waals surface area (Å²) in [4.78, 5) is 13.1. The third-order valence-electron chi connectivity index (χ3n) is 7.13. The third-order valence-corrected chi connectivity index (χ3v) is 9.00. The molecule has 0 spiro atoms. The van der Waals surface area contributed by atoms with Gasteiger partial charge in [-0.2, -0.15) is 17.0 Å². The molecule has 2 saturated carbocycles. The second-order valence-corrected chi connectivity index (χ2v) is 11.1. The average molecular weight is 422 g/mol. The number of rotatable bonds is 7. The molecule has 0 radical (unpaired) electrons. The van der Waals surface area contributed by atoms with E-state index in [1.54, 1.807) is 14.1 Å². The van der Waals surface area contributed by atoms with Crippen molar-refractivity contribution < 1.29 is 18.3 Å². The maximum atomic E-state index is 13.1. The van der Waals surface area contributed by atoms with Gasteiger partial charge in [0.25, 0.3) is 16.1 Å². The fourth-order valence-corrected chi connectivity index (χ4v) is 6.45. The lowest BCUT2D eigenvalue weighted by molar-refractivity contribution is -0.147. The third kappa shape index (κ3) is 3.60. The molecule has 1 saturated heterocycles. The van der Waals surface area contributed by atoms with Gasteiger partial charge in [-0.05, 0) is 36.2 Å². The molecule has 160 valence electrons. The molecule has 2 N–H and O–H groups in total. The summed E-state index contributed by atoms with van der Waals surface area (Å²) in [5, 5.41) is 14.5. The van der Waals surface area contributed by atoms with Gasteiger partial charge in [0.1, 0.15) is 0 Å². The highest BCUT2D eigenvalue weighted by Crippen LogP contribution is 2.52. The van der Waals surface area contributed by atoms with Crippen molar-refractivity contribution in [2.75, 3.05) is 33.7 Å². The fraction of sp³-hybridized carbons (Fsp3) is 0.667. The summed E-state index contributed by atoms with van der Waals surface area (Å²) >= 11 is 0. The molecule has 4 atom stereocenters. The molecule has 3 unspecified atom stereocenters. The highest BCUT2D eigenvalue weighted by atomic mass is 32.2. The number of aliphatic hydroxyl groups is 1. The van der Waals surface area contributed by atoms with Crippen LogP contribution in [0.1, 0.15) is 31.2 Å². The summed E-state index contributed by atoms with van der Waals surface area (Å²) in [6.45, 7) is 1.51. The molecule has 8 heteroatoms. The van der Waals surface area contributed by atoms with Crippen LogP contribution in [-0.2, 0) is 20.6 Å². The Labute approximate surface area is 173 Å². The van der Waals surface area contributed by atoms with E-state index >= 15 is 0 Å². The molecule has 1 aromatic carbocycles. The van der Waals surface area contributed by atoms with Crippen LogP contribution in [0, 0.1) is 23.7 Å². The van der Waals surface area contributed by atoms with Crippen LogP contribution in [0.3, 0.4) is 0 Å². The minimum Gasteiger partial charge on any atom is -0.375 e. The molecule has 7 nitrogen and oxygen atoms in total. The number of carbonyl (C=O) groups excluding carboxylic acids is 1. The molecule has 2 aliphatic carbocycles. The molecular formula is C21H31N3O4S. The zero-order valence-corrected chi connectivity index (χ0v) is 17.9. The number of piperidine rings is 1. The van der Waals surface area contributed by atoms with Crippen molar-refractivity contribution in [3.63, 3.8) is 0 Å². The minimum atomic E-state index is -3.36. The standard InChI is InChI=1S/C21H31N3O4S/c1-23(2)29(27,28)24-13-18-17(19(18)14-24)12-22-20(25)21(26,16-10-6-7-11-16)15-8-4-3-5-9-15/h3-5,8-9,16-19,26H,6-7,10-14H2,1-2H3,(H,22,25)/t17?,18-,19?,21?/m1/s1. The average Bonchev–Trinajstić information content (AvgIpc) is 3.14. The van der Waals surface area contributed by atoms with E-state index in [4.69, 9.17) is 0 Å². The topological polar surface area (TPSA) is 90.0 Å². The fourth-order valence-electron chi connectivity index (χ4n) is 5.27. The Morgan fingerprint density at radius 3 is 2.31 bits per heavy atom. The number of hydrogen-bond acceptors (Lipinski definition) is 4. The first-order valence-electron chi connectivity index (χ1n) is 10.5. The normalized spacial score (nSPS) is 29.6. The zero-order chi connectivity index (χ0) is 20.8. The molecule has 29 heavy (non-hydrogen) atoms. The monoisotopic (exact) mass is 421 g/mol. The summed E-state index contributed by atoms with van der Waals surface area (Å²) in [7, 11) is -0.273. The van der Waals surface area contributed by atoms with Crippen molar-refractivity contribution in [2.24, 2.45) is 23.7 Å². The number of fused-ring (bicyclic) bond motifs is 1. The van der Waals surface area contributed by atoms with Crippen LogP contribution >= 0.6 is 0 Å². The minimum absolute atomic E-state index is 0.0654. The van der Waals surface area contributed by atoms with E-state index < -0.39 is 15.8 Å². The Hall–Kier alpha value is -1.48. The van der Waals surface area contributed by atoms with Gasteiger partial charge in [-0.15, -0.1) is 0 Å². The Kier molecular flexibility index (Phi) is 5.48. The van der Waals surface area contributed by atoms with E-state index in [0.717, 1.165) is 25.7 Å². The van der Waals surface area contributed by atoms with Gasteiger partial charge in [0.05, 0.1) is 0 Å². The van der Waals surface area contributed by atoms with E-state index in [1.165, 1.54) is 8.61 Å². The predicted molar refractivity (Wildman–Crippen MR) is 110 cm³/mol. The first-order chi connectivity index (χ1) is 13.8. The summed E-state index contributed by atoms with van der Waals surface area (Å²) in [5.74, 6) is 0.487. The van der Waals surface area contributed by atoms with Gasteiger partial charge < -0.3 is 10.4 Å². The summed E-state index contributed by atoms with van der Waals surface area (Å²) in [6.07, 6.45) is 3.78. The first kappa shape index (κ1) is 20.8. The van der Waals surface area contributed by atoms with Gasteiger partial charge in [0.2, 0.25) is 0 Å². The van der Waals surface area contributed by atoms with Gasteiger partial charge in [0, 0.05) is 39.6 Å². The smallest absolute Gasteiger partial charge is 0.281 e. The molecule has 1 amide bonds. The lowest BCUT2D eigenvalue weighted by Crippen LogP contribution is -2.50. The first-order valence-corrected chi connectivity index (χ1v) is 11.9. The number of nitrogens with one attached hydrogen (secondary N) is 1. The second-order valence-electron chi connectivity index (χ2n) is 8.92. The molecule has 4 rings (SSSR count). The largest absolute Gasteiger partial charge is 0.375 e. The van der Waals surface area contributed by atoms with Crippen molar-refractivity contribution in [2.45, 2.75) is 31.3 Å². The van der Waals surface area contributed by atoms with Gasteiger partial charge in [-0.25, -0.2) is 0 Å². The SMILES string of the molecule is CN(C)S(=O)(=O)N1CC2C(CNC(=O)C(O)(c3ccccc3)C3CCCC3)[C@H]2C1. The highest BCUT2D eigenvalue weighted by Gasteiger charge is 2.58.